The summed E-state index contributed by atoms with van der Waals surface area (Å²) in [4.78, 5) is 34.9. The fourth-order valence-electron chi connectivity index (χ4n) is 1.56. The molecule has 1 aromatic carbocycles. The van der Waals surface area contributed by atoms with E-state index in [9.17, 15) is 27.6 Å². The third-order valence-electron chi connectivity index (χ3n) is 2.51. The molecule has 3 N–H and O–H groups in total. The lowest BCUT2D eigenvalue weighted by Gasteiger charge is -2.16. The van der Waals surface area contributed by atoms with Gasteiger partial charge in [0.1, 0.15) is 0 Å². The summed E-state index contributed by atoms with van der Waals surface area (Å²) in [5.41, 5.74) is 3.66. The van der Waals surface area contributed by atoms with E-state index in [4.69, 9.17) is 0 Å². The Morgan fingerprint density at radius 2 is 1.61 bits per heavy atom. The molecule has 3 amide bonds. The van der Waals surface area contributed by atoms with Gasteiger partial charge in [-0.25, -0.2) is 13.2 Å². The van der Waals surface area contributed by atoms with E-state index >= 15 is 0 Å². The van der Waals surface area contributed by atoms with Gasteiger partial charge in [-0.15, -0.1) is 0 Å². The minimum atomic E-state index is -1.69. The zero-order valence-corrected chi connectivity index (χ0v) is 12.4. The zero-order valence-electron chi connectivity index (χ0n) is 12.4. The Morgan fingerprint density at radius 1 is 1.00 bits per heavy atom. The van der Waals surface area contributed by atoms with E-state index in [0.717, 1.165) is 6.07 Å². The Bertz CT molecular complexity index is 625. The lowest BCUT2D eigenvalue weighted by atomic mass is 10.2. The molecule has 0 spiro atoms. The molecule has 0 aliphatic rings. The number of likely N-dealkylation sites (N-methyl/N-ethyl adjacent to an activating group) is 1. The molecular formula is C13H15F3N4O3. The molecule has 7 nitrogen and oxygen atoms in total. The van der Waals surface area contributed by atoms with Crippen LogP contribution in [0.4, 0.5) is 18.9 Å². The highest BCUT2D eigenvalue weighted by Gasteiger charge is 2.16. The molecule has 0 saturated carbocycles. The number of benzene rings is 1. The van der Waals surface area contributed by atoms with Crippen molar-refractivity contribution in [1.82, 2.24) is 15.8 Å². The minimum absolute atomic E-state index is 0.228. The summed E-state index contributed by atoms with van der Waals surface area (Å²) in [6.45, 7) is 0.660. The highest BCUT2D eigenvalue weighted by molar-refractivity contribution is 5.92. The Balaban J connectivity index is 2.52. The van der Waals surface area contributed by atoms with Crippen molar-refractivity contribution >= 4 is 23.4 Å². The van der Waals surface area contributed by atoms with Crippen molar-refractivity contribution in [2.75, 3.05) is 25.5 Å². The SMILES string of the molecule is CC(=O)NNC(=O)CN(C)CC(=O)Nc1ccc(F)c(F)c1F. The van der Waals surface area contributed by atoms with Crippen LogP contribution < -0.4 is 16.2 Å². The number of halogens is 3. The van der Waals surface area contributed by atoms with Crippen molar-refractivity contribution in [1.29, 1.82) is 0 Å². The molecule has 0 aromatic heterocycles. The maximum Gasteiger partial charge on any atom is 0.252 e. The summed E-state index contributed by atoms with van der Waals surface area (Å²) >= 11 is 0. The minimum Gasteiger partial charge on any atom is -0.322 e. The van der Waals surface area contributed by atoms with Gasteiger partial charge in [0.05, 0.1) is 18.8 Å². The molecule has 1 rings (SSSR count). The van der Waals surface area contributed by atoms with Gasteiger partial charge < -0.3 is 5.32 Å². The lowest BCUT2D eigenvalue weighted by molar-refractivity contribution is -0.128. The first-order valence-corrected chi connectivity index (χ1v) is 6.38. The van der Waals surface area contributed by atoms with Crippen LogP contribution >= 0.6 is 0 Å². The smallest absolute Gasteiger partial charge is 0.252 e. The molecular weight excluding hydrogens is 317 g/mol. The third-order valence-corrected chi connectivity index (χ3v) is 2.51. The van der Waals surface area contributed by atoms with Gasteiger partial charge in [0.2, 0.25) is 11.8 Å². The van der Waals surface area contributed by atoms with E-state index in [1.807, 2.05) is 0 Å². The number of rotatable bonds is 5. The van der Waals surface area contributed by atoms with Gasteiger partial charge in [-0.05, 0) is 19.2 Å². The standard InChI is InChI=1S/C13H15F3N4O3/c1-7(21)18-19-11(23)6-20(2)5-10(22)17-9-4-3-8(14)12(15)13(9)16/h3-4H,5-6H2,1-2H3,(H,17,22)(H,18,21)(H,19,23). The van der Waals surface area contributed by atoms with Crippen molar-refractivity contribution in [3.8, 4) is 0 Å². The number of carbonyl (C=O) groups excluding carboxylic acids is 3. The number of nitrogens with zero attached hydrogens (tertiary/aromatic N) is 1. The predicted octanol–water partition coefficient (Wildman–Crippen LogP) is 0.142. The van der Waals surface area contributed by atoms with Crippen LogP contribution in [-0.2, 0) is 14.4 Å². The average Bonchev–Trinajstić information content (AvgIpc) is 2.45. The second-order valence-corrected chi connectivity index (χ2v) is 4.67. The van der Waals surface area contributed by atoms with E-state index < -0.39 is 40.9 Å². The zero-order chi connectivity index (χ0) is 17.6. The van der Waals surface area contributed by atoms with Crippen LogP contribution in [0.5, 0.6) is 0 Å². The molecule has 0 radical (unpaired) electrons. The molecule has 23 heavy (non-hydrogen) atoms. The van der Waals surface area contributed by atoms with E-state index in [1.165, 1.54) is 18.9 Å². The van der Waals surface area contributed by atoms with Crippen molar-refractivity contribution in [2.24, 2.45) is 0 Å². The molecule has 126 valence electrons. The Kier molecular flexibility index (Phi) is 6.51. The van der Waals surface area contributed by atoms with Gasteiger partial charge in [0, 0.05) is 6.92 Å². The second-order valence-electron chi connectivity index (χ2n) is 4.67. The van der Waals surface area contributed by atoms with E-state index in [2.05, 4.69) is 16.2 Å². The lowest BCUT2D eigenvalue weighted by Crippen LogP contribution is -2.46. The maximum absolute atomic E-state index is 13.4. The number of hydrogen-bond donors (Lipinski definition) is 3. The van der Waals surface area contributed by atoms with Crippen molar-refractivity contribution in [3.63, 3.8) is 0 Å². The number of anilines is 1. The summed E-state index contributed by atoms with van der Waals surface area (Å²) in [5, 5.41) is 2.07. The van der Waals surface area contributed by atoms with Gasteiger partial charge in [-0.1, -0.05) is 0 Å². The fraction of sp³-hybridized carbons (Fsp3) is 0.308. The third kappa shape index (κ3) is 5.94. The molecule has 0 aliphatic heterocycles. The van der Waals surface area contributed by atoms with Crippen LogP contribution in [0.2, 0.25) is 0 Å². The predicted molar refractivity (Wildman–Crippen MR) is 74.4 cm³/mol. The molecule has 0 heterocycles. The van der Waals surface area contributed by atoms with Gasteiger partial charge in [0.25, 0.3) is 5.91 Å². The van der Waals surface area contributed by atoms with Gasteiger partial charge in [-0.2, -0.15) is 0 Å². The summed E-state index contributed by atoms with van der Waals surface area (Å²) in [5.74, 6) is -6.34. The topological polar surface area (TPSA) is 90.5 Å². The van der Waals surface area contributed by atoms with Gasteiger partial charge in [-0.3, -0.25) is 30.1 Å². The van der Waals surface area contributed by atoms with E-state index in [1.54, 1.807) is 0 Å². The normalized spacial score (nSPS) is 10.3. The monoisotopic (exact) mass is 332 g/mol. The van der Waals surface area contributed by atoms with Crippen LogP contribution in [0.1, 0.15) is 6.92 Å². The Hall–Kier alpha value is -2.62. The second kappa shape index (κ2) is 8.13. The van der Waals surface area contributed by atoms with Gasteiger partial charge >= 0.3 is 0 Å². The van der Waals surface area contributed by atoms with Crippen molar-refractivity contribution in [3.05, 3.63) is 29.6 Å². The van der Waals surface area contributed by atoms with Crippen LogP contribution in [0.15, 0.2) is 12.1 Å². The van der Waals surface area contributed by atoms with Crippen LogP contribution in [0, 0.1) is 17.5 Å². The Morgan fingerprint density at radius 3 is 2.22 bits per heavy atom. The number of nitrogens with one attached hydrogen (secondary N) is 3. The first kappa shape index (κ1) is 18.4. The summed E-state index contributed by atoms with van der Waals surface area (Å²) in [7, 11) is 1.43. The molecule has 0 aliphatic carbocycles. The molecule has 1 aromatic rings. The molecule has 0 saturated heterocycles. The highest BCUT2D eigenvalue weighted by Crippen LogP contribution is 2.19. The highest BCUT2D eigenvalue weighted by atomic mass is 19.2. The quantitative estimate of drug-likeness (QED) is 0.528. The van der Waals surface area contributed by atoms with Crippen LogP contribution in [-0.4, -0.2) is 42.8 Å². The van der Waals surface area contributed by atoms with Crippen molar-refractivity contribution < 1.29 is 27.6 Å². The fourth-order valence-corrected chi connectivity index (χ4v) is 1.56. The maximum atomic E-state index is 13.4. The van der Waals surface area contributed by atoms with Gasteiger partial charge in [0.15, 0.2) is 17.5 Å². The number of hydrogen-bond acceptors (Lipinski definition) is 4. The average molecular weight is 332 g/mol. The van der Waals surface area contributed by atoms with E-state index in [-0.39, 0.29) is 13.1 Å². The number of carbonyl (C=O) groups is 3. The molecule has 0 unspecified atom stereocenters. The van der Waals surface area contributed by atoms with E-state index in [0.29, 0.717) is 6.07 Å². The number of amides is 3. The first-order valence-electron chi connectivity index (χ1n) is 6.38. The van der Waals surface area contributed by atoms with Crippen molar-refractivity contribution in [2.45, 2.75) is 6.92 Å². The largest absolute Gasteiger partial charge is 0.322 e. The molecule has 0 atom stereocenters. The first-order chi connectivity index (χ1) is 10.7. The van der Waals surface area contributed by atoms with Crippen LogP contribution in [0.25, 0.3) is 0 Å². The molecule has 0 bridgehead atoms. The molecule has 0 fully saturated rings. The Labute approximate surface area is 129 Å². The number of hydrazine groups is 1. The summed E-state index contributed by atoms with van der Waals surface area (Å²) in [6.07, 6.45) is 0. The summed E-state index contributed by atoms with van der Waals surface area (Å²) in [6, 6.07) is 1.56. The van der Waals surface area contributed by atoms with Crippen LogP contribution in [0.3, 0.4) is 0 Å². The summed E-state index contributed by atoms with van der Waals surface area (Å²) < 4.78 is 39.2. The molecule has 10 heteroatoms.